The summed E-state index contributed by atoms with van der Waals surface area (Å²) in [4.78, 5) is 3.55. The van der Waals surface area contributed by atoms with Gasteiger partial charge in [-0.3, -0.25) is 0 Å². The van der Waals surface area contributed by atoms with Gasteiger partial charge in [0.25, 0.3) is 0 Å². The van der Waals surface area contributed by atoms with Gasteiger partial charge in [-0.15, -0.1) is 23.7 Å². The van der Waals surface area contributed by atoms with E-state index in [0.29, 0.717) is 0 Å². The molecule has 110 valence electrons. The average molecular weight is 338 g/mol. The predicted octanol–water partition coefficient (Wildman–Crippen LogP) is 5.71. The lowest BCUT2D eigenvalue weighted by Gasteiger charge is -2.11. The molecule has 0 aliphatic heterocycles. The Morgan fingerprint density at radius 3 is 2.43 bits per heavy atom. The van der Waals surface area contributed by atoms with Gasteiger partial charge in [-0.25, -0.2) is 0 Å². The van der Waals surface area contributed by atoms with Crippen molar-refractivity contribution in [1.29, 1.82) is 0 Å². The summed E-state index contributed by atoms with van der Waals surface area (Å²) >= 11 is 8.02. The van der Waals surface area contributed by atoms with E-state index in [2.05, 4.69) is 61.5 Å². The summed E-state index contributed by atoms with van der Waals surface area (Å²) in [5.74, 6) is 0. The van der Waals surface area contributed by atoms with Gasteiger partial charge in [0.05, 0.1) is 0 Å². The fourth-order valence-electron chi connectivity index (χ4n) is 2.42. The molecule has 21 heavy (non-hydrogen) atoms. The molecule has 0 saturated carbocycles. The lowest BCUT2D eigenvalue weighted by atomic mass is 10.1. The first-order valence-corrected chi connectivity index (χ1v) is 7.75. The molecule has 0 radical (unpaired) electrons. The maximum Gasteiger partial charge on any atom is 0.0413 e. The summed E-state index contributed by atoms with van der Waals surface area (Å²) in [5, 5.41) is 2.07. The molecular formula is C17H17Cl2NS. The van der Waals surface area contributed by atoms with Gasteiger partial charge in [-0.05, 0) is 48.8 Å². The molecule has 2 aromatic carbocycles. The van der Waals surface area contributed by atoms with Crippen LogP contribution in [0.1, 0.15) is 5.56 Å². The van der Waals surface area contributed by atoms with Gasteiger partial charge < -0.3 is 4.90 Å². The number of benzene rings is 2. The predicted molar refractivity (Wildman–Crippen MR) is 96.9 cm³/mol. The minimum absolute atomic E-state index is 0. The van der Waals surface area contributed by atoms with Crippen LogP contribution in [-0.4, -0.2) is 19.0 Å². The number of nitrogens with zero attached hydrogens (tertiary/aromatic N) is 1. The highest BCUT2D eigenvalue weighted by Gasteiger charge is 2.14. The van der Waals surface area contributed by atoms with Crippen LogP contribution in [0.5, 0.6) is 0 Å². The van der Waals surface area contributed by atoms with E-state index in [4.69, 9.17) is 11.6 Å². The van der Waals surface area contributed by atoms with E-state index in [1.54, 1.807) is 0 Å². The van der Waals surface area contributed by atoms with E-state index in [1.807, 2.05) is 17.4 Å². The minimum Gasteiger partial charge on any atom is -0.305 e. The summed E-state index contributed by atoms with van der Waals surface area (Å²) in [6, 6.07) is 16.7. The van der Waals surface area contributed by atoms with E-state index in [0.717, 1.165) is 11.6 Å². The van der Waals surface area contributed by atoms with Crippen molar-refractivity contribution >= 4 is 45.4 Å². The van der Waals surface area contributed by atoms with Crippen molar-refractivity contribution in [2.24, 2.45) is 0 Å². The van der Waals surface area contributed by atoms with Crippen molar-refractivity contribution < 1.29 is 0 Å². The summed E-state index contributed by atoms with van der Waals surface area (Å²) in [5.41, 5.74) is 2.64. The van der Waals surface area contributed by atoms with Gasteiger partial charge in [-0.2, -0.15) is 0 Å². The molecule has 0 amide bonds. The van der Waals surface area contributed by atoms with Crippen LogP contribution in [0.25, 0.3) is 20.5 Å². The first-order valence-electron chi connectivity index (χ1n) is 6.56. The molecule has 0 fully saturated rings. The Hall–Kier alpha value is -1.06. The maximum absolute atomic E-state index is 6.17. The molecular weight excluding hydrogens is 321 g/mol. The quantitative estimate of drug-likeness (QED) is 0.592. The number of halogens is 2. The zero-order valence-electron chi connectivity index (χ0n) is 12.0. The molecule has 3 rings (SSSR count). The van der Waals surface area contributed by atoms with Crippen LogP contribution in [0, 0.1) is 0 Å². The van der Waals surface area contributed by atoms with Crippen molar-refractivity contribution in [1.82, 2.24) is 4.90 Å². The Bertz CT molecular complexity index is 735. The second kappa shape index (κ2) is 6.80. The highest BCUT2D eigenvalue weighted by molar-refractivity contribution is 7.22. The van der Waals surface area contributed by atoms with Gasteiger partial charge in [0.15, 0.2) is 0 Å². The van der Waals surface area contributed by atoms with E-state index in [-0.39, 0.29) is 12.4 Å². The van der Waals surface area contributed by atoms with Crippen molar-refractivity contribution in [3.05, 3.63) is 59.1 Å². The van der Waals surface area contributed by atoms with Crippen molar-refractivity contribution in [3.8, 4) is 10.4 Å². The Morgan fingerprint density at radius 1 is 1.05 bits per heavy atom. The molecule has 0 spiro atoms. The maximum atomic E-state index is 6.17. The van der Waals surface area contributed by atoms with Crippen LogP contribution in [0.4, 0.5) is 0 Å². The lowest BCUT2D eigenvalue weighted by molar-refractivity contribution is 0.405. The van der Waals surface area contributed by atoms with E-state index >= 15 is 0 Å². The standard InChI is InChI=1S/C17H16ClNS.ClH/c1-19(2)11-15-14-10-13(18)8-9-16(14)20-17(15)12-6-4-3-5-7-12;/h3-10H,11H2,1-2H3;1H. The second-order valence-electron chi connectivity index (χ2n) is 5.15. The molecule has 0 bridgehead atoms. The normalized spacial score (nSPS) is 10.9. The smallest absolute Gasteiger partial charge is 0.0413 e. The van der Waals surface area contributed by atoms with Gasteiger partial charge >= 0.3 is 0 Å². The van der Waals surface area contributed by atoms with Gasteiger partial charge in [0, 0.05) is 21.1 Å². The fourth-order valence-corrected chi connectivity index (χ4v) is 3.79. The molecule has 1 nitrogen and oxygen atoms in total. The molecule has 0 aliphatic carbocycles. The van der Waals surface area contributed by atoms with E-state index < -0.39 is 0 Å². The Balaban J connectivity index is 0.00000161. The fraction of sp³-hybridized carbons (Fsp3) is 0.176. The summed E-state index contributed by atoms with van der Waals surface area (Å²) in [6.07, 6.45) is 0. The molecule has 4 heteroatoms. The van der Waals surface area contributed by atoms with Gasteiger partial charge in [0.2, 0.25) is 0 Å². The third-order valence-corrected chi connectivity index (χ3v) is 4.76. The zero-order chi connectivity index (χ0) is 14.1. The number of thiophene rings is 1. The second-order valence-corrected chi connectivity index (χ2v) is 6.64. The summed E-state index contributed by atoms with van der Waals surface area (Å²) in [6.45, 7) is 0.921. The first-order chi connectivity index (χ1) is 9.65. The van der Waals surface area contributed by atoms with Crippen molar-refractivity contribution in [2.45, 2.75) is 6.54 Å². The Labute approximate surface area is 140 Å². The number of hydrogen-bond acceptors (Lipinski definition) is 2. The molecule has 0 saturated heterocycles. The lowest BCUT2D eigenvalue weighted by Crippen LogP contribution is -2.10. The van der Waals surface area contributed by atoms with Crippen LogP contribution >= 0.6 is 35.3 Å². The topological polar surface area (TPSA) is 3.24 Å². The number of fused-ring (bicyclic) bond motifs is 1. The molecule has 3 aromatic rings. The van der Waals surface area contributed by atoms with Crippen LogP contribution < -0.4 is 0 Å². The van der Waals surface area contributed by atoms with Crippen molar-refractivity contribution in [3.63, 3.8) is 0 Å². The minimum atomic E-state index is 0. The largest absolute Gasteiger partial charge is 0.305 e. The highest BCUT2D eigenvalue weighted by Crippen LogP contribution is 2.40. The zero-order valence-corrected chi connectivity index (χ0v) is 14.4. The molecule has 0 N–H and O–H groups in total. The third kappa shape index (κ3) is 3.41. The Morgan fingerprint density at radius 2 is 1.76 bits per heavy atom. The highest BCUT2D eigenvalue weighted by atomic mass is 35.5. The monoisotopic (exact) mass is 337 g/mol. The third-order valence-electron chi connectivity index (χ3n) is 3.26. The van der Waals surface area contributed by atoms with Crippen LogP contribution in [0.3, 0.4) is 0 Å². The molecule has 1 heterocycles. The molecule has 0 unspecified atom stereocenters. The Kier molecular flexibility index (Phi) is 5.28. The summed E-state index contributed by atoms with van der Waals surface area (Å²) in [7, 11) is 4.20. The van der Waals surface area contributed by atoms with Gasteiger partial charge in [-0.1, -0.05) is 41.9 Å². The van der Waals surface area contributed by atoms with Crippen LogP contribution in [0.15, 0.2) is 48.5 Å². The van der Waals surface area contributed by atoms with Crippen molar-refractivity contribution in [2.75, 3.05) is 14.1 Å². The van der Waals surface area contributed by atoms with Crippen LogP contribution in [-0.2, 0) is 6.54 Å². The first kappa shape index (κ1) is 16.3. The number of rotatable bonds is 3. The summed E-state index contributed by atoms with van der Waals surface area (Å²) < 4.78 is 1.30. The van der Waals surface area contributed by atoms with E-state index in [9.17, 15) is 0 Å². The molecule has 0 atom stereocenters. The number of hydrogen-bond donors (Lipinski definition) is 0. The molecule has 1 aromatic heterocycles. The average Bonchev–Trinajstić information content (AvgIpc) is 2.77. The van der Waals surface area contributed by atoms with E-state index in [1.165, 1.54) is 26.1 Å². The van der Waals surface area contributed by atoms with Crippen LogP contribution in [0.2, 0.25) is 5.02 Å². The molecule has 0 aliphatic rings. The SMILES string of the molecule is CN(C)Cc1c(-c2ccccc2)sc2ccc(Cl)cc12.Cl. The van der Waals surface area contributed by atoms with Gasteiger partial charge in [0.1, 0.15) is 0 Å².